The van der Waals surface area contributed by atoms with Crippen LogP contribution in [0.25, 0.3) is 0 Å². The molecule has 0 fully saturated rings. The molecule has 0 aliphatic heterocycles. The van der Waals surface area contributed by atoms with Crippen molar-refractivity contribution in [2.24, 2.45) is 5.73 Å². The Morgan fingerprint density at radius 2 is 1.65 bits per heavy atom. The minimum atomic E-state index is 0.0373. The van der Waals surface area contributed by atoms with Crippen LogP contribution >= 0.6 is 11.8 Å². The molecule has 0 amide bonds. The summed E-state index contributed by atoms with van der Waals surface area (Å²) in [5.74, 6) is 2.45. The molecular weight excluding hydrogens is 266 g/mol. The van der Waals surface area contributed by atoms with Gasteiger partial charge in [0.1, 0.15) is 11.5 Å². The number of hydrogen-bond donors (Lipinski definition) is 1. The summed E-state index contributed by atoms with van der Waals surface area (Å²) >= 11 is 1.76. The first-order valence-corrected chi connectivity index (χ1v) is 7.94. The van der Waals surface area contributed by atoms with Gasteiger partial charge in [0.25, 0.3) is 0 Å². The zero-order chi connectivity index (χ0) is 14.7. The molecule has 20 heavy (non-hydrogen) atoms. The maximum Gasteiger partial charge on any atom is 0.119 e. The van der Waals surface area contributed by atoms with Crippen LogP contribution in [-0.2, 0) is 0 Å². The number of aryl methyl sites for hydroxylation is 1. The third-order valence-electron chi connectivity index (χ3n) is 3.33. The molecule has 1 aromatic heterocycles. The van der Waals surface area contributed by atoms with E-state index in [2.05, 4.69) is 38.1 Å². The lowest BCUT2D eigenvalue weighted by Gasteiger charge is -2.18. The second kappa shape index (κ2) is 6.51. The lowest BCUT2D eigenvalue weighted by atomic mass is 10.0. The zero-order valence-electron chi connectivity index (χ0n) is 12.6. The van der Waals surface area contributed by atoms with Gasteiger partial charge in [0.05, 0.1) is 5.25 Å². The molecule has 0 aliphatic carbocycles. The van der Waals surface area contributed by atoms with Crippen molar-refractivity contribution in [3.8, 4) is 0 Å². The molecule has 0 radical (unpaired) electrons. The third-order valence-corrected chi connectivity index (χ3v) is 4.79. The van der Waals surface area contributed by atoms with Crippen molar-refractivity contribution < 1.29 is 4.42 Å². The van der Waals surface area contributed by atoms with Crippen LogP contribution in [0.3, 0.4) is 0 Å². The maximum atomic E-state index is 6.12. The van der Waals surface area contributed by atoms with Crippen molar-refractivity contribution in [2.75, 3.05) is 0 Å². The molecule has 0 saturated carbocycles. The topological polar surface area (TPSA) is 39.2 Å². The Morgan fingerprint density at radius 1 is 1.00 bits per heavy atom. The van der Waals surface area contributed by atoms with Gasteiger partial charge in [-0.05, 0) is 49.6 Å². The second-order valence-electron chi connectivity index (χ2n) is 5.57. The van der Waals surface area contributed by atoms with Crippen molar-refractivity contribution in [3.63, 3.8) is 0 Å². The highest BCUT2D eigenvalue weighted by Crippen LogP contribution is 2.38. The Bertz CT molecular complexity index is 542. The number of thioether (sulfide) groups is 1. The summed E-state index contributed by atoms with van der Waals surface area (Å²) in [6.45, 7) is 8.40. The Kier molecular flexibility index (Phi) is 4.95. The molecule has 0 spiro atoms. The molecular formula is C17H23NOS. The van der Waals surface area contributed by atoms with Crippen LogP contribution < -0.4 is 5.73 Å². The molecule has 0 aliphatic rings. The van der Waals surface area contributed by atoms with Crippen molar-refractivity contribution in [1.82, 2.24) is 0 Å². The third kappa shape index (κ3) is 3.68. The lowest BCUT2D eigenvalue weighted by molar-refractivity contribution is 0.465. The fourth-order valence-corrected chi connectivity index (χ4v) is 3.15. The highest BCUT2D eigenvalue weighted by atomic mass is 32.2. The van der Waals surface area contributed by atoms with Gasteiger partial charge in [-0.25, -0.2) is 0 Å². The predicted octanol–water partition coefficient (Wildman–Crippen LogP) is 4.89. The van der Waals surface area contributed by atoms with E-state index in [1.807, 2.05) is 26.0 Å². The monoisotopic (exact) mass is 289 g/mol. The van der Waals surface area contributed by atoms with Crippen molar-refractivity contribution >= 4 is 11.8 Å². The van der Waals surface area contributed by atoms with Gasteiger partial charge in [-0.2, -0.15) is 0 Å². The van der Waals surface area contributed by atoms with E-state index in [1.165, 1.54) is 10.5 Å². The van der Waals surface area contributed by atoms with E-state index in [1.54, 1.807) is 11.8 Å². The molecule has 2 atom stereocenters. The zero-order valence-corrected chi connectivity index (χ0v) is 13.4. The summed E-state index contributed by atoms with van der Waals surface area (Å²) < 4.78 is 5.74. The average molecular weight is 289 g/mol. The van der Waals surface area contributed by atoms with Gasteiger partial charge in [-0.1, -0.05) is 26.0 Å². The Morgan fingerprint density at radius 3 is 2.10 bits per heavy atom. The van der Waals surface area contributed by atoms with Crippen molar-refractivity contribution in [3.05, 3.63) is 53.5 Å². The Balaban J connectivity index is 2.16. The van der Waals surface area contributed by atoms with E-state index < -0.39 is 0 Å². The molecule has 0 saturated heterocycles. The molecule has 2 unspecified atom stereocenters. The van der Waals surface area contributed by atoms with E-state index in [0.717, 1.165) is 11.5 Å². The van der Waals surface area contributed by atoms with Crippen LogP contribution in [0.5, 0.6) is 0 Å². The van der Waals surface area contributed by atoms with Gasteiger partial charge in [-0.15, -0.1) is 11.8 Å². The van der Waals surface area contributed by atoms with Crippen molar-refractivity contribution in [2.45, 2.75) is 49.8 Å². The van der Waals surface area contributed by atoms with Gasteiger partial charge in [0.2, 0.25) is 0 Å². The van der Waals surface area contributed by atoms with Gasteiger partial charge < -0.3 is 10.2 Å². The molecule has 1 heterocycles. The van der Waals surface area contributed by atoms with Gasteiger partial charge in [-0.3, -0.25) is 0 Å². The van der Waals surface area contributed by atoms with Gasteiger partial charge in [0, 0.05) is 10.9 Å². The first-order chi connectivity index (χ1) is 9.47. The summed E-state index contributed by atoms with van der Waals surface area (Å²) in [5.41, 5.74) is 7.48. The van der Waals surface area contributed by atoms with Crippen LogP contribution in [0.15, 0.2) is 45.7 Å². The van der Waals surface area contributed by atoms with Crippen LogP contribution in [0, 0.1) is 6.92 Å². The fourth-order valence-electron chi connectivity index (χ4n) is 2.11. The molecule has 1 aromatic carbocycles. The molecule has 2 aromatic rings. The van der Waals surface area contributed by atoms with Crippen LogP contribution in [-0.4, -0.2) is 6.04 Å². The average Bonchev–Trinajstić information content (AvgIpc) is 2.82. The minimum Gasteiger partial charge on any atom is -0.465 e. The molecule has 108 valence electrons. The van der Waals surface area contributed by atoms with E-state index in [9.17, 15) is 0 Å². The largest absolute Gasteiger partial charge is 0.465 e. The number of nitrogens with two attached hydrogens (primary N) is 1. The SMILES string of the molecule is Cc1ccc(C(Sc2ccc(C(C)C)cc2)C(C)N)o1. The highest BCUT2D eigenvalue weighted by Gasteiger charge is 2.21. The second-order valence-corrected chi connectivity index (χ2v) is 6.78. The number of hydrogen-bond acceptors (Lipinski definition) is 3. The standard InChI is InChI=1S/C17H23NOS/c1-11(2)14-6-8-15(9-7-14)20-17(13(4)18)16-10-5-12(3)19-16/h5-11,13,17H,18H2,1-4H3. The van der Waals surface area contributed by atoms with Crippen LogP contribution in [0.4, 0.5) is 0 Å². The fraction of sp³-hybridized carbons (Fsp3) is 0.412. The molecule has 0 bridgehead atoms. The van der Waals surface area contributed by atoms with Crippen LogP contribution in [0.1, 0.15) is 49.0 Å². The van der Waals surface area contributed by atoms with Gasteiger partial charge >= 0.3 is 0 Å². The normalized spacial score (nSPS) is 14.5. The summed E-state index contributed by atoms with van der Waals surface area (Å²) in [6.07, 6.45) is 0. The summed E-state index contributed by atoms with van der Waals surface area (Å²) in [7, 11) is 0. The molecule has 2 N–H and O–H groups in total. The maximum absolute atomic E-state index is 6.12. The first-order valence-electron chi connectivity index (χ1n) is 7.06. The quantitative estimate of drug-likeness (QED) is 0.796. The predicted molar refractivity (Wildman–Crippen MR) is 86.2 cm³/mol. The lowest BCUT2D eigenvalue weighted by Crippen LogP contribution is -2.22. The Labute approximate surface area is 125 Å². The minimum absolute atomic E-state index is 0.0373. The summed E-state index contributed by atoms with van der Waals surface area (Å²) in [6, 6.07) is 12.8. The van der Waals surface area contributed by atoms with Gasteiger partial charge in [0.15, 0.2) is 0 Å². The number of furan rings is 1. The van der Waals surface area contributed by atoms with E-state index >= 15 is 0 Å². The first kappa shape index (κ1) is 15.2. The highest BCUT2D eigenvalue weighted by molar-refractivity contribution is 7.99. The molecule has 2 rings (SSSR count). The molecule has 2 nitrogen and oxygen atoms in total. The van der Waals surface area contributed by atoms with Crippen molar-refractivity contribution in [1.29, 1.82) is 0 Å². The van der Waals surface area contributed by atoms with Crippen LogP contribution in [0.2, 0.25) is 0 Å². The molecule has 3 heteroatoms. The summed E-state index contributed by atoms with van der Waals surface area (Å²) in [4.78, 5) is 1.23. The van der Waals surface area contributed by atoms with E-state index in [0.29, 0.717) is 5.92 Å². The summed E-state index contributed by atoms with van der Waals surface area (Å²) in [5, 5.41) is 0.147. The smallest absolute Gasteiger partial charge is 0.119 e. The number of rotatable bonds is 5. The van der Waals surface area contributed by atoms with E-state index in [-0.39, 0.29) is 11.3 Å². The number of benzene rings is 1. The van der Waals surface area contributed by atoms with E-state index in [4.69, 9.17) is 10.2 Å². The Hall–Kier alpha value is -1.19.